The lowest BCUT2D eigenvalue weighted by Crippen LogP contribution is -2.13. The van der Waals surface area contributed by atoms with Crippen molar-refractivity contribution in [3.05, 3.63) is 0 Å². The summed E-state index contributed by atoms with van der Waals surface area (Å²) < 4.78 is 5.64. The van der Waals surface area contributed by atoms with Crippen molar-refractivity contribution in [2.75, 3.05) is 0 Å². The third-order valence-corrected chi connectivity index (χ3v) is 4.73. The van der Waals surface area contributed by atoms with Gasteiger partial charge in [0.05, 0.1) is 6.10 Å². The first-order chi connectivity index (χ1) is 5.56. The lowest BCUT2D eigenvalue weighted by Gasteiger charge is -2.18. The van der Waals surface area contributed by atoms with Crippen molar-refractivity contribution >= 4 is 31.8 Å². The minimum Gasteiger partial charge on any atom is -0.364 e. The van der Waals surface area contributed by atoms with Crippen molar-refractivity contribution in [2.45, 2.75) is 50.5 Å². The Morgan fingerprint density at radius 3 is 2.08 bits per heavy atom. The average Bonchev–Trinajstić information content (AvgIpc) is 1.97. The minimum absolute atomic E-state index is 0.272. The Balaban J connectivity index is 3.53. The topological polar surface area (TPSA) is 9.23 Å². The maximum absolute atomic E-state index is 5.64. The zero-order chi connectivity index (χ0) is 9.56. The molecule has 0 aliphatic rings. The molecule has 0 aliphatic carbocycles. The summed E-state index contributed by atoms with van der Waals surface area (Å²) in [5.41, 5.74) is 0.272. The van der Waals surface area contributed by atoms with E-state index in [1.165, 1.54) is 0 Å². The summed E-state index contributed by atoms with van der Waals surface area (Å²) in [6, 6.07) is 0.891. The fourth-order valence-electron chi connectivity index (χ4n) is 0.581. The predicted octanol–water partition coefficient (Wildman–Crippen LogP) is 3.11. The van der Waals surface area contributed by atoms with E-state index < -0.39 is 0 Å². The molecule has 0 aliphatic heterocycles. The summed E-state index contributed by atoms with van der Waals surface area (Å²) in [5, 5.41) is 0.659. The molecule has 0 rings (SSSR count). The van der Waals surface area contributed by atoms with Crippen LogP contribution >= 0.6 is 21.6 Å². The second kappa shape index (κ2) is 7.30. The van der Waals surface area contributed by atoms with E-state index in [4.69, 9.17) is 4.74 Å². The van der Waals surface area contributed by atoms with Gasteiger partial charge in [-0.25, -0.2) is 0 Å². The van der Waals surface area contributed by atoms with Gasteiger partial charge < -0.3 is 4.74 Å². The molecule has 0 aromatic carbocycles. The Bertz CT molecular complexity index is 109. The molecule has 0 saturated heterocycles. The molecular formula is C8H17OS2Si. The second-order valence-electron chi connectivity index (χ2n) is 3.06. The number of hydrogen-bond acceptors (Lipinski definition) is 3. The van der Waals surface area contributed by atoms with Crippen molar-refractivity contribution in [3.63, 3.8) is 0 Å². The van der Waals surface area contributed by atoms with E-state index >= 15 is 0 Å². The highest BCUT2D eigenvalue weighted by Gasteiger charge is 2.10. The zero-order valence-corrected chi connectivity index (χ0v) is 10.8. The third-order valence-electron chi connectivity index (χ3n) is 0.946. The SMILES string of the molecule is CC(C)OC(C[Si])SSC(C)C. The molecule has 0 fully saturated rings. The molecule has 3 radical (unpaired) electrons. The summed E-state index contributed by atoms with van der Waals surface area (Å²) in [7, 11) is 7.15. The molecule has 0 N–H and O–H groups in total. The van der Waals surface area contributed by atoms with Crippen LogP contribution < -0.4 is 0 Å². The van der Waals surface area contributed by atoms with E-state index in [9.17, 15) is 0 Å². The minimum atomic E-state index is 0.272. The average molecular weight is 221 g/mol. The Hall–Kier alpha value is 0.877. The highest BCUT2D eigenvalue weighted by molar-refractivity contribution is 8.77. The van der Waals surface area contributed by atoms with Gasteiger partial charge in [0, 0.05) is 15.5 Å². The quantitative estimate of drug-likeness (QED) is 0.387. The molecule has 0 heterocycles. The fourth-order valence-corrected chi connectivity index (χ4v) is 3.35. The first kappa shape index (κ1) is 12.9. The molecule has 71 valence electrons. The molecule has 0 amide bonds. The van der Waals surface area contributed by atoms with Gasteiger partial charge in [0.15, 0.2) is 0 Å². The van der Waals surface area contributed by atoms with Gasteiger partial charge in [0.2, 0.25) is 0 Å². The van der Waals surface area contributed by atoms with Crippen LogP contribution in [0.2, 0.25) is 6.04 Å². The molecule has 12 heavy (non-hydrogen) atoms. The summed E-state index contributed by atoms with van der Waals surface area (Å²) in [4.78, 5) is 0. The van der Waals surface area contributed by atoms with Crippen LogP contribution in [0.15, 0.2) is 0 Å². The monoisotopic (exact) mass is 221 g/mol. The Labute approximate surface area is 87.2 Å². The summed E-state index contributed by atoms with van der Waals surface area (Å²) >= 11 is 0. The van der Waals surface area contributed by atoms with E-state index in [0.29, 0.717) is 11.4 Å². The van der Waals surface area contributed by atoms with Crippen molar-refractivity contribution in [3.8, 4) is 0 Å². The van der Waals surface area contributed by atoms with Crippen LogP contribution in [0, 0.1) is 0 Å². The predicted molar refractivity (Wildman–Crippen MR) is 60.9 cm³/mol. The van der Waals surface area contributed by atoms with Gasteiger partial charge in [0.25, 0.3) is 0 Å². The van der Waals surface area contributed by atoms with E-state index in [-0.39, 0.29) is 5.44 Å². The van der Waals surface area contributed by atoms with Crippen LogP contribution in [-0.4, -0.2) is 27.0 Å². The van der Waals surface area contributed by atoms with Gasteiger partial charge in [-0.2, -0.15) is 0 Å². The van der Waals surface area contributed by atoms with Gasteiger partial charge >= 0.3 is 0 Å². The third kappa shape index (κ3) is 7.52. The van der Waals surface area contributed by atoms with Crippen LogP contribution in [-0.2, 0) is 4.74 Å². The zero-order valence-electron chi connectivity index (χ0n) is 8.16. The second-order valence-corrected chi connectivity index (χ2v) is 6.48. The Morgan fingerprint density at radius 1 is 1.17 bits per heavy atom. The fraction of sp³-hybridized carbons (Fsp3) is 1.00. The molecule has 0 bridgehead atoms. The number of hydrogen-bond donors (Lipinski definition) is 0. The van der Waals surface area contributed by atoms with Crippen LogP contribution in [0.1, 0.15) is 27.7 Å². The van der Waals surface area contributed by atoms with Gasteiger partial charge in [-0.15, -0.1) is 0 Å². The number of ether oxygens (including phenoxy) is 1. The van der Waals surface area contributed by atoms with E-state index in [1.807, 2.05) is 10.8 Å². The van der Waals surface area contributed by atoms with Crippen molar-refractivity contribution < 1.29 is 4.74 Å². The molecule has 1 unspecified atom stereocenters. The maximum atomic E-state index is 5.64. The van der Waals surface area contributed by atoms with Crippen LogP contribution in [0.3, 0.4) is 0 Å². The molecule has 1 nitrogen and oxygen atoms in total. The standard InChI is InChI=1S/C8H17OS2Si/c1-6(2)9-8(5-12)11-10-7(3)4/h6-8H,5H2,1-4H3. The van der Waals surface area contributed by atoms with Gasteiger partial charge in [-0.1, -0.05) is 35.4 Å². The van der Waals surface area contributed by atoms with Gasteiger partial charge in [0.1, 0.15) is 5.44 Å². The Morgan fingerprint density at radius 2 is 1.75 bits per heavy atom. The highest BCUT2D eigenvalue weighted by Crippen LogP contribution is 2.33. The van der Waals surface area contributed by atoms with Crippen molar-refractivity contribution in [2.24, 2.45) is 0 Å². The molecule has 4 heteroatoms. The highest BCUT2D eigenvalue weighted by atomic mass is 33.1. The first-order valence-corrected chi connectivity index (χ1v) is 7.16. The van der Waals surface area contributed by atoms with Crippen molar-refractivity contribution in [1.29, 1.82) is 0 Å². The van der Waals surface area contributed by atoms with Crippen LogP contribution in [0.4, 0.5) is 0 Å². The normalized spacial score (nSPS) is 14.2. The van der Waals surface area contributed by atoms with E-state index in [2.05, 4.69) is 37.9 Å². The molecule has 0 aromatic heterocycles. The number of rotatable bonds is 6. The summed E-state index contributed by atoms with van der Waals surface area (Å²) in [6.45, 7) is 8.51. The molecule has 0 spiro atoms. The van der Waals surface area contributed by atoms with Gasteiger partial charge in [-0.3, -0.25) is 0 Å². The van der Waals surface area contributed by atoms with Gasteiger partial charge in [-0.05, 0) is 19.9 Å². The maximum Gasteiger partial charge on any atom is 0.110 e. The van der Waals surface area contributed by atoms with Crippen LogP contribution in [0.5, 0.6) is 0 Å². The van der Waals surface area contributed by atoms with E-state index in [1.54, 1.807) is 10.8 Å². The smallest absolute Gasteiger partial charge is 0.110 e. The molecular weight excluding hydrogens is 204 g/mol. The summed E-state index contributed by atoms with van der Waals surface area (Å²) in [6.07, 6.45) is 0.312. The van der Waals surface area contributed by atoms with E-state index in [0.717, 1.165) is 6.04 Å². The Kier molecular flexibility index (Phi) is 7.83. The molecule has 0 saturated carbocycles. The summed E-state index contributed by atoms with van der Waals surface area (Å²) in [5.74, 6) is 0. The van der Waals surface area contributed by atoms with Crippen molar-refractivity contribution in [1.82, 2.24) is 0 Å². The lowest BCUT2D eigenvalue weighted by atomic mass is 10.5. The molecule has 1 atom stereocenters. The van der Waals surface area contributed by atoms with Crippen LogP contribution in [0.25, 0.3) is 0 Å². The lowest BCUT2D eigenvalue weighted by molar-refractivity contribution is 0.0702. The largest absolute Gasteiger partial charge is 0.364 e. The molecule has 0 aromatic rings. The first-order valence-electron chi connectivity index (χ1n) is 4.18.